The second kappa shape index (κ2) is 7.04. The molecule has 0 bridgehead atoms. The third-order valence-electron chi connectivity index (χ3n) is 4.73. The molecule has 0 unspecified atom stereocenters. The van der Waals surface area contributed by atoms with Crippen LogP contribution in [-0.4, -0.2) is 31.1 Å². The van der Waals surface area contributed by atoms with E-state index in [2.05, 4.69) is 21.3 Å². The van der Waals surface area contributed by atoms with Crippen LogP contribution in [0.15, 0.2) is 54.6 Å². The first kappa shape index (κ1) is 16.4. The smallest absolute Gasteiger partial charge is 0.274 e. The molecule has 132 valence electrons. The van der Waals surface area contributed by atoms with Crippen LogP contribution in [0.4, 0.5) is 11.4 Å². The molecule has 0 spiro atoms. The van der Waals surface area contributed by atoms with Crippen LogP contribution in [0.25, 0.3) is 10.9 Å². The number of pyridine rings is 1. The Labute approximate surface area is 152 Å². The zero-order chi connectivity index (χ0) is 17.9. The number of hydrogen-bond donors (Lipinski definition) is 1. The molecule has 1 N–H and O–H groups in total. The van der Waals surface area contributed by atoms with Crippen LogP contribution in [0, 0.1) is 0 Å². The van der Waals surface area contributed by atoms with Gasteiger partial charge in [-0.05, 0) is 49.2 Å². The molecule has 26 heavy (non-hydrogen) atoms. The molecule has 0 atom stereocenters. The molecule has 1 aliphatic rings. The molecule has 2 aromatic carbocycles. The van der Waals surface area contributed by atoms with E-state index >= 15 is 0 Å². The van der Waals surface area contributed by atoms with Crippen molar-refractivity contribution in [1.82, 2.24) is 4.98 Å². The number of fused-ring (bicyclic) bond motifs is 1. The van der Waals surface area contributed by atoms with Gasteiger partial charge in [-0.3, -0.25) is 4.79 Å². The summed E-state index contributed by atoms with van der Waals surface area (Å²) >= 11 is 0. The Balaban J connectivity index is 1.59. The maximum atomic E-state index is 12.7. The van der Waals surface area contributed by atoms with Crippen LogP contribution in [0.1, 0.15) is 23.3 Å². The number of hydrogen-bond acceptors (Lipinski definition) is 4. The van der Waals surface area contributed by atoms with E-state index in [-0.39, 0.29) is 5.91 Å². The number of rotatable bonds is 4. The Bertz CT molecular complexity index is 949. The van der Waals surface area contributed by atoms with E-state index < -0.39 is 0 Å². The van der Waals surface area contributed by atoms with Gasteiger partial charge in [0.05, 0.1) is 24.0 Å². The Kier molecular flexibility index (Phi) is 4.44. The molecule has 1 amide bonds. The molecule has 5 heteroatoms. The summed E-state index contributed by atoms with van der Waals surface area (Å²) in [6.45, 7) is 2.06. The molecule has 0 radical (unpaired) electrons. The van der Waals surface area contributed by atoms with Gasteiger partial charge in [0, 0.05) is 18.5 Å². The number of nitrogens with zero attached hydrogens (tertiary/aromatic N) is 2. The summed E-state index contributed by atoms with van der Waals surface area (Å²) < 4.78 is 5.23. The number of para-hydroxylation sites is 2. The predicted octanol–water partition coefficient (Wildman–Crippen LogP) is 4.10. The summed E-state index contributed by atoms with van der Waals surface area (Å²) in [5.74, 6) is 0.574. The Morgan fingerprint density at radius 3 is 2.69 bits per heavy atom. The van der Waals surface area contributed by atoms with Crippen molar-refractivity contribution in [2.75, 3.05) is 30.4 Å². The van der Waals surface area contributed by atoms with E-state index in [9.17, 15) is 4.79 Å². The van der Waals surface area contributed by atoms with E-state index in [1.54, 1.807) is 13.2 Å². The highest BCUT2D eigenvalue weighted by Crippen LogP contribution is 2.29. The molecule has 3 aromatic rings. The molecule has 1 aromatic heterocycles. The molecule has 2 heterocycles. The predicted molar refractivity (Wildman–Crippen MR) is 104 cm³/mol. The van der Waals surface area contributed by atoms with E-state index in [0.717, 1.165) is 41.1 Å². The Morgan fingerprint density at radius 2 is 1.88 bits per heavy atom. The highest BCUT2D eigenvalue weighted by Gasteiger charge is 2.17. The normalized spacial score (nSPS) is 13.8. The SMILES string of the molecule is COc1ccc2nc(C(=O)Nc3ccccc3N3CCCC3)ccc2c1. The second-order valence-electron chi connectivity index (χ2n) is 6.42. The quantitative estimate of drug-likeness (QED) is 0.772. The Hall–Kier alpha value is -3.08. The van der Waals surface area contributed by atoms with Gasteiger partial charge in [0.15, 0.2) is 0 Å². The fraction of sp³-hybridized carbons (Fsp3) is 0.238. The molecule has 1 aliphatic heterocycles. The van der Waals surface area contributed by atoms with Gasteiger partial charge in [-0.2, -0.15) is 0 Å². The first-order valence-corrected chi connectivity index (χ1v) is 8.85. The lowest BCUT2D eigenvalue weighted by Crippen LogP contribution is -2.21. The van der Waals surface area contributed by atoms with E-state index in [4.69, 9.17) is 4.74 Å². The number of carbonyl (C=O) groups is 1. The highest BCUT2D eigenvalue weighted by molar-refractivity contribution is 6.05. The zero-order valence-electron chi connectivity index (χ0n) is 14.7. The van der Waals surface area contributed by atoms with Crippen molar-refractivity contribution in [1.29, 1.82) is 0 Å². The average molecular weight is 347 g/mol. The lowest BCUT2D eigenvalue weighted by Gasteiger charge is -2.21. The molecule has 4 rings (SSSR count). The van der Waals surface area contributed by atoms with Gasteiger partial charge in [0.1, 0.15) is 11.4 Å². The van der Waals surface area contributed by atoms with Crippen molar-refractivity contribution in [3.05, 3.63) is 60.3 Å². The van der Waals surface area contributed by atoms with Crippen LogP contribution in [0.3, 0.4) is 0 Å². The minimum atomic E-state index is -0.200. The number of anilines is 2. The second-order valence-corrected chi connectivity index (χ2v) is 6.42. The van der Waals surface area contributed by atoms with Crippen molar-refractivity contribution >= 4 is 28.2 Å². The van der Waals surface area contributed by atoms with E-state index in [1.165, 1.54) is 12.8 Å². The molecule has 1 saturated heterocycles. The summed E-state index contributed by atoms with van der Waals surface area (Å²) in [5, 5.41) is 3.97. The number of methoxy groups -OCH3 is 1. The van der Waals surface area contributed by atoms with Crippen LogP contribution < -0.4 is 15.0 Å². The lowest BCUT2D eigenvalue weighted by molar-refractivity contribution is 0.102. The fourth-order valence-corrected chi connectivity index (χ4v) is 3.36. The van der Waals surface area contributed by atoms with Gasteiger partial charge < -0.3 is 15.0 Å². The van der Waals surface area contributed by atoms with Gasteiger partial charge in [0.25, 0.3) is 5.91 Å². The molecular formula is C21H21N3O2. The Morgan fingerprint density at radius 1 is 1.08 bits per heavy atom. The third kappa shape index (κ3) is 3.20. The van der Waals surface area contributed by atoms with Gasteiger partial charge in [-0.25, -0.2) is 4.98 Å². The van der Waals surface area contributed by atoms with E-state index in [0.29, 0.717) is 5.69 Å². The topological polar surface area (TPSA) is 54.5 Å². The molecule has 1 fully saturated rings. The summed E-state index contributed by atoms with van der Waals surface area (Å²) in [4.78, 5) is 19.5. The highest BCUT2D eigenvalue weighted by atomic mass is 16.5. The standard InChI is InChI=1S/C21H21N3O2/c1-26-16-9-11-17-15(14-16)8-10-19(22-17)21(25)23-18-6-2-3-7-20(18)24-12-4-5-13-24/h2-3,6-11,14H,4-5,12-13H2,1H3,(H,23,25). The minimum Gasteiger partial charge on any atom is -0.497 e. The number of carbonyl (C=O) groups excluding carboxylic acids is 1. The van der Waals surface area contributed by atoms with Crippen LogP contribution in [0.2, 0.25) is 0 Å². The van der Waals surface area contributed by atoms with Crippen molar-refractivity contribution in [3.8, 4) is 5.75 Å². The van der Waals surface area contributed by atoms with Crippen molar-refractivity contribution < 1.29 is 9.53 Å². The summed E-state index contributed by atoms with van der Waals surface area (Å²) in [6, 6.07) is 17.2. The van der Waals surface area contributed by atoms with Gasteiger partial charge in [0.2, 0.25) is 0 Å². The van der Waals surface area contributed by atoms with Crippen molar-refractivity contribution in [2.45, 2.75) is 12.8 Å². The monoisotopic (exact) mass is 347 g/mol. The number of ether oxygens (including phenoxy) is 1. The number of amides is 1. The van der Waals surface area contributed by atoms with Crippen molar-refractivity contribution in [3.63, 3.8) is 0 Å². The number of nitrogens with one attached hydrogen (secondary N) is 1. The van der Waals surface area contributed by atoms with Crippen LogP contribution in [0.5, 0.6) is 5.75 Å². The molecule has 5 nitrogen and oxygen atoms in total. The molecule has 0 saturated carbocycles. The van der Waals surface area contributed by atoms with Crippen LogP contribution >= 0.6 is 0 Å². The van der Waals surface area contributed by atoms with E-state index in [1.807, 2.05) is 42.5 Å². The maximum Gasteiger partial charge on any atom is 0.274 e. The zero-order valence-corrected chi connectivity index (χ0v) is 14.7. The van der Waals surface area contributed by atoms with Crippen LogP contribution in [-0.2, 0) is 0 Å². The van der Waals surface area contributed by atoms with Gasteiger partial charge in [-0.1, -0.05) is 18.2 Å². The van der Waals surface area contributed by atoms with Gasteiger partial charge in [-0.15, -0.1) is 0 Å². The third-order valence-corrected chi connectivity index (χ3v) is 4.73. The first-order valence-electron chi connectivity index (χ1n) is 8.85. The lowest BCUT2D eigenvalue weighted by atomic mass is 10.2. The minimum absolute atomic E-state index is 0.200. The molecular weight excluding hydrogens is 326 g/mol. The summed E-state index contributed by atoms with van der Waals surface area (Å²) in [6.07, 6.45) is 2.38. The van der Waals surface area contributed by atoms with Gasteiger partial charge >= 0.3 is 0 Å². The first-order chi connectivity index (χ1) is 12.7. The average Bonchev–Trinajstić information content (AvgIpc) is 3.22. The van der Waals surface area contributed by atoms with Crippen molar-refractivity contribution in [2.24, 2.45) is 0 Å². The summed E-state index contributed by atoms with van der Waals surface area (Å²) in [7, 11) is 1.63. The maximum absolute atomic E-state index is 12.7. The molecule has 0 aliphatic carbocycles. The summed E-state index contributed by atoms with van der Waals surface area (Å²) in [5.41, 5.74) is 3.07. The number of aromatic nitrogens is 1. The largest absolute Gasteiger partial charge is 0.497 e. The fourth-order valence-electron chi connectivity index (χ4n) is 3.36. The number of benzene rings is 2.